The van der Waals surface area contributed by atoms with E-state index in [0.717, 1.165) is 0 Å². The second-order valence-electron chi connectivity index (χ2n) is 2.23. The normalized spacial score (nSPS) is 15.4. The molecule has 0 heterocycles. The molecule has 0 aromatic heterocycles. The van der Waals surface area contributed by atoms with Crippen LogP contribution in [0.5, 0.6) is 0 Å². The summed E-state index contributed by atoms with van der Waals surface area (Å²) in [6, 6.07) is 0. The van der Waals surface area contributed by atoms with Gasteiger partial charge in [0, 0.05) is 0 Å². The van der Waals surface area contributed by atoms with Crippen molar-refractivity contribution in [2.24, 2.45) is 0 Å². The standard InChI is InChI=1S/C6H12O6S.Na/c1-2-3-12-6(5(8)4-7)13(9,10)11;/h2,5-8H,1,3-4H2,(H,9,10,11);/q;+1/p-1. The minimum absolute atomic E-state index is 0. The average Bonchev–Trinajstić information content (AvgIpc) is 2.02. The first-order valence-corrected chi connectivity index (χ1v) is 4.86. The van der Waals surface area contributed by atoms with Gasteiger partial charge in [-0.25, -0.2) is 8.42 Å². The molecule has 0 fully saturated rings. The summed E-state index contributed by atoms with van der Waals surface area (Å²) in [5.74, 6) is 0. The fraction of sp³-hybridized carbons (Fsp3) is 0.667. The molecular weight excluding hydrogens is 223 g/mol. The van der Waals surface area contributed by atoms with Crippen LogP contribution in [0.1, 0.15) is 0 Å². The molecule has 78 valence electrons. The molecular formula is C6H11NaO6S. The Bertz CT molecular complexity index is 251. The Morgan fingerprint density at radius 3 is 2.36 bits per heavy atom. The van der Waals surface area contributed by atoms with Crippen LogP contribution in [0.3, 0.4) is 0 Å². The van der Waals surface area contributed by atoms with E-state index in [0.29, 0.717) is 0 Å². The molecule has 0 aliphatic carbocycles. The molecule has 0 aliphatic rings. The number of hydrogen-bond donors (Lipinski definition) is 2. The maximum atomic E-state index is 10.5. The third-order valence-electron chi connectivity index (χ3n) is 1.16. The number of ether oxygens (including phenoxy) is 1. The van der Waals surface area contributed by atoms with Gasteiger partial charge < -0.3 is 19.5 Å². The third kappa shape index (κ3) is 6.10. The summed E-state index contributed by atoms with van der Waals surface area (Å²) < 4.78 is 35.8. The summed E-state index contributed by atoms with van der Waals surface area (Å²) in [4.78, 5) is 0. The molecule has 6 nitrogen and oxygen atoms in total. The van der Waals surface area contributed by atoms with Crippen molar-refractivity contribution in [3.05, 3.63) is 12.7 Å². The smallest absolute Gasteiger partial charge is 0.746 e. The maximum Gasteiger partial charge on any atom is 1.00 e. The van der Waals surface area contributed by atoms with Crippen molar-refractivity contribution < 1.29 is 57.5 Å². The van der Waals surface area contributed by atoms with Crippen LogP contribution in [-0.2, 0) is 14.9 Å². The molecule has 0 aromatic rings. The van der Waals surface area contributed by atoms with E-state index in [2.05, 4.69) is 11.3 Å². The van der Waals surface area contributed by atoms with Crippen molar-refractivity contribution in [2.45, 2.75) is 11.5 Å². The third-order valence-corrected chi connectivity index (χ3v) is 2.18. The predicted molar refractivity (Wildman–Crippen MR) is 42.7 cm³/mol. The average molecular weight is 234 g/mol. The summed E-state index contributed by atoms with van der Waals surface area (Å²) >= 11 is 0. The van der Waals surface area contributed by atoms with Crippen LogP contribution >= 0.6 is 0 Å². The topological polar surface area (TPSA) is 107 Å². The number of aliphatic hydroxyl groups excluding tert-OH is 2. The van der Waals surface area contributed by atoms with Gasteiger partial charge in [-0.05, 0) is 0 Å². The number of hydrogen-bond acceptors (Lipinski definition) is 6. The monoisotopic (exact) mass is 234 g/mol. The molecule has 0 saturated heterocycles. The van der Waals surface area contributed by atoms with Gasteiger partial charge in [-0.3, -0.25) is 0 Å². The fourth-order valence-corrected chi connectivity index (χ4v) is 1.35. The number of rotatable bonds is 6. The van der Waals surface area contributed by atoms with Gasteiger partial charge in [0.05, 0.1) is 13.2 Å². The van der Waals surface area contributed by atoms with Crippen molar-refractivity contribution in [3.8, 4) is 0 Å². The Kier molecular flexibility index (Phi) is 9.41. The van der Waals surface area contributed by atoms with E-state index >= 15 is 0 Å². The quantitative estimate of drug-likeness (QED) is 0.272. The molecule has 2 N–H and O–H groups in total. The Hall–Kier alpha value is 0.530. The van der Waals surface area contributed by atoms with Crippen molar-refractivity contribution >= 4 is 10.1 Å². The summed E-state index contributed by atoms with van der Waals surface area (Å²) in [5.41, 5.74) is -1.95. The van der Waals surface area contributed by atoms with Crippen molar-refractivity contribution in [3.63, 3.8) is 0 Å². The summed E-state index contributed by atoms with van der Waals surface area (Å²) in [6.45, 7) is 2.18. The molecule has 2 atom stereocenters. The SMILES string of the molecule is C=CCOC(C(O)CO)S(=O)(=O)[O-].[Na+]. The fourth-order valence-electron chi connectivity index (χ4n) is 0.636. The first-order valence-electron chi connectivity index (χ1n) is 3.39. The van der Waals surface area contributed by atoms with Crippen molar-refractivity contribution in [2.75, 3.05) is 13.2 Å². The minimum Gasteiger partial charge on any atom is -0.746 e. The van der Waals surface area contributed by atoms with Crippen LogP contribution in [0.15, 0.2) is 12.7 Å². The summed E-state index contributed by atoms with van der Waals surface area (Å²) in [5, 5.41) is 17.3. The van der Waals surface area contributed by atoms with E-state index in [4.69, 9.17) is 10.2 Å². The van der Waals surface area contributed by atoms with Gasteiger partial charge >= 0.3 is 29.6 Å². The van der Waals surface area contributed by atoms with E-state index < -0.39 is 28.3 Å². The van der Waals surface area contributed by atoms with Gasteiger partial charge in [0.25, 0.3) is 0 Å². The van der Waals surface area contributed by atoms with Gasteiger partial charge in [-0.1, -0.05) is 6.08 Å². The Labute approximate surface area is 105 Å². The number of aliphatic hydroxyl groups is 2. The second-order valence-corrected chi connectivity index (χ2v) is 3.68. The Balaban J connectivity index is 0. The molecule has 14 heavy (non-hydrogen) atoms. The molecule has 0 spiro atoms. The first-order chi connectivity index (χ1) is 5.93. The first kappa shape index (κ1) is 16.9. The van der Waals surface area contributed by atoms with Crippen LogP contribution in [-0.4, -0.2) is 47.9 Å². The van der Waals surface area contributed by atoms with E-state index in [9.17, 15) is 13.0 Å². The van der Waals surface area contributed by atoms with Crippen LogP contribution in [0.25, 0.3) is 0 Å². The van der Waals surface area contributed by atoms with Gasteiger partial charge in [0.2, 0.25) is 0 Å². The van der Waals surface area contributed by atoms with E-state index in [-0.39, 0.29) is 36.2 Å². The van der Waals surface area contributed by atoms with Gasteiger partial charge in [-0.15, -0.1) is 6.58 Å². The molecule has 0 amide bonds. The van der Waals surface area contributed by atoms with Crippen LogP contribution < -0.4 is 29.6 Å². The maximum absolute atomic E-state index is 10.5. The second kappa shape index (κ2) is 7.77. The zero-order valence-electron chi connectivity index (χ0n) is 7.79. The van der Waals surface area contributed by atoms with Gasteiger partial charge in [0.15, 0.2) is 5.44 Å². The molecule has 0 aliphatic heterocycles. The van der Waals surface area contributed by atoms with Crippen LogP contribution in [0.2, 0.25) is 0 Å². The molecule has 0 rings (SSSR count). The van der Waals surface area contributed by atoms with Gasteiger partial charge in [0.1, 0.15) is 16.2 Å². The largest absolute Gasteiger partial charge is 1.00 e. The van der Waals surface area contributed by atoms with Crippen molar-refractivity contribution in [1.29, 1.82) is 0 Å². The molecule has 8 heteroatoms. The van der Waals surface area contributed by atoms with E-state index in [1.165, 1.54) is 6.08 Å². The molecule has 0 saturated carbocycles. The van der Waals surface area contributed by atoms with E-state index in [1.54, 1.807) is 0 Å². The van der Waals surface area contributed by atoms with E-state index in [1.807, 2.05) is 0 Å². The predicted octanol–water partition coefficient (Wildman–Crippen LogP) is -4.58. The Morgan fingerprint density at radius 2 is 2.07 bits per heavy atom. The molecule has 0 radical (unpaired) electrons. The summed E-state index contributed by atoms with van der Waals surface area (Å²) in [6.07, 6.45) is -0.509. The summed E-state index contributed by atoms with van der Waals surface area (Å²) in [7, 11) is -4.78. The zero-order chi connectivity index (χ0) is 10.5. The molecule has 2 unspecified atom stereocenters. The van der Waals surface area contributed by atoms with Crippen LogP contribution in [0, 0.1) is 0 Å². The molecule has 0 aromatic carbocycles. The Morgan fingerprint density at radius 1 is 1.57 bits per heavy atom. The van der Waals surface area contributed by atoms with Crippen molar-refractivity contribution in [1.82, 2.24) is 0 Å². The molecule has 0 bridgehead atoms. The van der Waals surface area contributed by atoms with Gasteiger partial charge in [-0.2, -0.15) is 0 Å². The minimum atomic E-state index is -4.78. The zero-order valence-corrected chi connectivity index (χ0v) is 10.6. The van der Waals surface area contributed by atoms with Crippen LogP contribution in [0.4, 0.5) is 0 Å².